The number of carboxylic acid groups (broad SMARTS) is 1. The highest BCUT2D eigenvalue weighted by atomic mass is 16.5. The normalized spacial score (nSPS) is 19.7. The van der Waals surface area contributed by atoms with Crippen LogP contribution in [0.5, 0.6) is 0 Å². The first-order valence-electron chi connectivity index (χ1n) is 7.02. The second-order valence-electron chi connectivity index (χ2n) is 5.62. The summed E-state index contributed by atoms with van der Waals surface area (Å²) in [4.78, 5) is 23.4. The molecule has 0 aromatic heterocycles. The smallest absolute Gasteiger partial charge is 0.326 e. The van der Waals surface area contributed by atoms with E-state index < -0.39 is 17.4 Å². The number of nitrogens with one attached hydrogen (secondary N) is 1. The minimum Gasteiger partial charge on any atom is -0.480 e. The number of carboxylic acids is 1. The zero-order valence-corrected chi connectivity index (χ0v) is 11.9. The average molecular weight is 271 g/mol. The molecule has 5 nitrogen and oxygen atoms in total. The lowest BCUT2D eigenvalue weighted by Gasteiger charge is -2.33. The molecule has 0 bridgehead atoms. The van der Waals surface area contributed by atoms with Crippen LogP contribution in [0.2, 0.25) is 0 Å². The van der Waals surface area contributed by atoms with Gasteiger partial charge in [-0.15, -0.1) is 0 Å². The number of methoxy groups -OCH3 is 1. The molecule has 0 aliphatic heterocycles. The van der Waals surface area contributed by atoms with Crippen LogP contribution in [0.15, 0.2) is 0 Å². The summed E-state index contributed by atoms with van der Waals surface area (Å²) in [5.41, 5.74) is -0.396. The van der Waals surface area contributed by atoms with E-state index in [9.17, 15) is 9.59 Å². The first-order chi connectivity index (χ1) is 8.99. The van der Waals surface area contributed by atoms with Crippen LogP contribution in [0.3, 0.4) is 0 Å². The van der Waals surface area contributed by atoms with Gasteiger partial charge in [0.05, 0.1) is 0 Å². The number of hydrogen-bond donors (Lipinski definition) is 2. The van der Waals surface area contributed by atoms with Crippen LogP contribution >= 0.6 is 0 Å². The van der Waals surface area contributed by atoms with E-state index in [1.165, 1.54) is 6.42 Å². The van der Waals surface area contributed by atoms with Crippen LogP contribution < -0.4 is 5.32 Å². The van der Waals surface area contributed by atoms with Crippen LogP contribution in [0, 0.1) is 5.41 Å². The molecule has 1 aliphatic rings. The van der Waals surface area contributed by atoms with Crippen molar-refractivity contribution in [3.63, 3.8) is 0 Å². The molecular formula is C14H25NO4. The number of amides is 1. The summed E-state index contributed by atoms with van der Waals surface area (Å²) in [7, 11) is 1.58. The van der Waals surface area contributed by atoms with E-state index in [2.05, 4.69) is 5.32 Å². The fourth-order valence-electron chi connectivity index (χ4n) is 2.58. The van der Waals surface area contributed by atoms with E-state index in [0.717, 1.165) is 25.7 Å². The van der Waals surface area contributed by atoms with Crippen molar-refractivity contribution < 1.29 is 19.4 Å². The quantitative estimate of drug-likeness (QED) is 0.694. The molecule has 1 aliphatic carbocycles. The highest BCUT2D eigenvalue weighted by Crippen LogP contribution is 2.35. The van der Waals surface area contributed by atoms with Crippen molar-refractivity contribution in [3.05, 3.63) is 0 Å². The summed E-state index contributed by atoms with van der Waals surface area (Å²) < 4.78 is 4.91. The third kappa shape index (κ3) is 4.82. The third-order valence-electron chi connectivity index (χ3n) is 3.95. The second-order valence-corrected chi connectivity index (χ2v) is 5.62. The fraction of sp³-hybridized carbons (Fsp3) is 0.857. The standard InChI is InChI=1S/C14H25NO4/c1-14(8-4-3-5-9-14)13(18)15-11(12(16)17)7-6-10-19-2/h11H,3-10H2,1-2H3,(H,15,18)(H,16,17). The Morgan fingerprint density at radius 1 is 1.32 bits per heavy atom. The molecule has 1 amide bonds. The fourth-order valence-corrected chi connectivity index (χ4v) is 2.58. The number of aliphatic carboxylic acids is 1. The molecule has 1 fully saturated rings. The summed E-state index contributed by atoms with van der Waals surface area (Å²) in [6, 6.07) is -0.804. The Balaban J connectivity index is 2.52. The molecular weight excluding hydrogens is 246 g/mol. The maximum Gasteiger partial charge on any atom is 0.326 e. The first-order valence-corrected chi connectivity index (χ1v) is 7.02. The van der Waals surface area contributed by atoms with E-state index >= 15 is 0 Å². The van der Waals surface area contributed by atoms with Gasteiger partial charge in [-0.2, -0.15) is 0 Å². The molecule has 0 aromatic rings. The van der Waals surface area contributed by atoms with Crippen molar-refractivity contribution in [2.75, 3.05) is 13.7 Å². The molecule has 5 heteroatoms. The lowest BCUT2D eigenvalue weighted by molar-refractivity contribution is -0.144. The molecule has 0 aromatic carbocycles. The topological polar surface area (TPSA) is 75.6 Å². The van der Waals surface area contributed by atoms with E-state index in [0.29, 0.717) is 19.4 Å². The Kier molecular flexibility index (Phi) is 6.28. The van der Waals surface area contributed by atoms with Crippen molar-refractivity contribution in [1.29, 1.82) is 0 Å². The Hall–Kier alpha value is -1.10. The summed E-state index contributed by atoms with van der Waals surface area (Å²) in [6.07, 6.45) is 6.00. The molecule has 110 valence electrons. The van der Waals surface area contributed by atoms with Crippen LogP contribution in [0.25, 0.3) is 0 Å². The van der Waals surface area contributed by atoms with Crippen LogP contribution in [-0.4, -0.2) is 36.7 Å². The van der Waals surface area contributed by atoms with Gasteiger partial charge < -0.3 is 15.2 Å². The Morgan fingerprint density at radius 3 is 2.47 bits per heavy atom. The van der Waals surface area contributed by atoms with Crippen molar-refractivity contribution in [2.24, 2.45) is 5.41 Å². The molecule has 1 saturated carbocycles. The number of carbonyl (C=O) groups excluding carboxylic acids is 1. The molecule has 1 atom stereocenters. The Bertz CT molecular complexity index is 311. The van der Waals surface area contributed by atoms with E-state index in [4.69, 9.17) is 9.84 Å². The second kappa shape index (κ2) is 7.48. The summed E-state index contributed by atoms with van der Waals surface area (Å²) in [5.74, 6) is -1.08. The van der Waals surface area contributed by atoms with Gasteiger partial charge in [0.2, 0.25) is 5.91 Å². The molecule has 19 heavy (non-hydrogen) atoms. The molecule has 1 rings (SSSR count). The zero-order chi connectivity index (χ0) is 14.3. The van der Waals surface area contributed by atoms with Gasteiger partial charge in [-0.3, -0.25) is 4.79 Å². The summed E-state index contributed by atoms with van der Waals surface area (Å²) in [5, 5.41) is 11.8. The van der Waals surface area contributed by atoms with Crippen LogP contribution in [0.1, 0.15) is 51.9 Å². The highest BCUT2D eigenvalue weighted by Gasteiger charge is 2.36. The molecule has 2 N–H and O–H groups in total. The number of ether oxygens (including phenoxy) is 1. The maximum atomic E-state index is 12.3. The van der Waals surface area contributed by atoms with Crippen molar-refractivity contribution in [3.8, 4) is 0 Å². The van der Waals surface area contributed by atoms with Gasteiger partial charge in [-0.1, -0.05) is 26.2 Å². The predicted octanol–water partition coefficient (Wildman–Crippen LogP) is 1.95. The first kappa shape index (κ1) is 16.0. The van der Waals surface area contributed by atoms with Crippen LogP contribution in [0.4, 0.5) is 0 Å². The van der Waals surface area contributed by atoms with Gasteiger partial charge >= 0.3 is 5.97 Å². The number of rotatable bonds is 7. The lowest BCUT2D eigenvalue weighted by atomic mass is 9.75. The van der Waals surface area contributed by atoms with Crippen LogP contribution in [-0.2, 0) is 14.3 Å². The minimum absolute atomic E-state index is 0.114. The van der Waals surface area contributed by atoms with Crippen molar-refractivity contribution >= 4 is 11.9 Å². The third-order valence-corrected chi connectivity index (χ3v) is 3.95. The molecule has 1 unspecified atom stereocenters. The Labute approximate surface area is 114 Å². The highest BCUT2D eigenvalue weighted by molar-refractivity contribution is 5.87. The minimum atomic E-state index is -0.969. The van der Waals surface area contributed by atoms with Gasteiger partial charge in [-0.05, 0) is 25.7 Å². The lowest BCUT2D eigenvalue weighted by Crippen LogP contribution is -2.48. The van der Waals surface area contributed by atoms with E-state index in [1.807, 2.05) is 6.92 Å². The van der Waals surface area contributed by atoms with Crippen molar-refractivity contribution in [2.45, 2.75) is 57.9 Å². The van der Waals surface area contributed by atoms with Crippen molar-refractivity contribution in [1.82, 2.24) is 5.32 Å². The zero-order valence-electron chi connectivity index (χ0n) is 11.9. The van der Waals surface area contributed by atoms with Gasteiger partial charge in [-0.25, -0.2) is 4.79 Å². The Morgan fingerprint density at radius 2 is 1.95 bits per heavy atom. The van der Waals surface area contributed by atoms with Gasteiger partial charge in [0.1, 0.15) is 6.04 Å². The van der Waals surface area contributed by atoms with Gasteiger partial charge in [0.25, 0.3) is 0 Å². The largest absolute Gasteiger partial charge is 0.480 e. The molecule has 0 saturated heterocycles. The monoisotopic (exact) mass is 271 g/mol. The summed E-state index contributed by atoms with van der Waals surface area (Å²) >= 11 is 0. The molecule has 0 radical (unpaired) electrons. The van der Waals surface area contributed by atoms with E-state index in [1.54, 1.807) is 7.11 Å². The number of carbonyl (C=O) groups is 2. The summed E-state index contributed by atoms with van der Waals surface area (Å²) in [6.45, 7) is 2.45. The SMILES string of the molecule is COCCCC(NC(=O)C1(C)CCCCC1)C(=O)O. The molecule has 0 spiro atoms. The molecule has 0 heterocycles. The number of hydrogen-bond acceptors (Lipinski definition) is 3. The van der Waals surface area contributed by atoms with E-state index in [-0.39, 0.29) is 5.91 Å². The average Bonchev–Trinajstić information content (AvgIpc) is 2.38. The maximum absolute atomic E-state index is 12.3. The van der Waals surface area contributed by atoms with Gasteiger partial charge in [0, 0.05) is 19.1 Å². The predicted molar refractivity (Wildman–Crippen MR) is 71.9 cm³/mol. The van der Waals surface area contributed by atoms with Gasteiger partial charge in [0.15, 0.2) is 0 Å².